The predicted molar refractivity (Wildman–Crippen MR) is 106 cm³/mol. The molecular formula is C19H28ClN5O. The van der Waals surface area contributed by atoms with Crippen molar-refractivity contribution in [1.29, 1.82) is 0 Å². The topological polar surface area (TPSA) is 62.2 Å². The first-order chi connectivity index (χ1) is 12.1. The molecule has 1 atom stereocenters. The summed E-state index contributed by atoms with van der Waals surface area (Å²) in [7, 11) is 2.00. The number of nitrogens with one attached hydrogen (secondary N) is 2. The van der Waals surface area contributed by atoms with Gasteiger partial charge in [-0.2, -0.15) is 0 Å². The van der Waals surface area contributed by atoms with E-state index in [2.05, 4.69) is 39.6 Å². The van der Waals surface area contributed by atoms with Crippen LogP contribution >= 0.6 is 12.4 Å². The molecule has 2 heterocycles. The molecule has 0 bridgehead atoms. The molecule has 0 saturated carbocycles. The Morgan fingerprint density at radius 2 is 2.19 bits per heavy atom. The maximum atomic E-state index is 12.4. The number of carbonyl (C=O) groups is 1. The smallest absolute Gasteiger partial charge is 0.234 e. The molecule has 142 valence electrons. The van der Waals surface area contributed by atoms with E-state index in [1.54, 1.807) is 0 Å². The fourth-order valence-corrected chi connectivity index (χ4v) is 3.36. The summed E-state index contributed by atoms with van der Waals surface area (Å²) in [6.07, 6.45) is 4.62. The quantitative estimate of drug-likeness (QED) is 0.800. The van der Waals surface area contributed by atoms with Crippen LogP contribution in [-0.2, 0) is 18.3 Å². The molecule has 1 unspecified atom stereocenters. The molecule has 3 rings (SSSR count). The fraction of sp³-hybridized carbons (Fsp3) is 0.474. The van der Waals surface area contributed by atoms with E-state index in [0.29, 0.717) is 13.1 Å². The summed E-state index contributed by atoms with van der Waals surface area (Å²) in [5.41, 5.74) is 2.56. The highest BCUT2D eigenvalue weighted by Crippen LogP contribution is 2.19. The molecule has 0 aliphatic carbocycles. The summed E-state index contributed by atoms with van der Waals surface area (Å²) in [5, 5.41) is 6.46. The van der Waals surface area contributed by atoms with Gasteiger partial charge in [-0.05, 0) is 24.5 Å². The Balaban J connectivity index is 0.00000243. The van der Waals surface area contributed by atoms with Crippen LogP contribution in [0.3, 0.4) is 0 Å². The fourth-order valence-electron chi connectivity index (χ4n) is 3.36. The lowest BCUT2D eigenvalue weighted by Crippen LogP contribution is -2.50. The second kappa shape index (κ2) is 9.71. The van der Waals surface area contributed by atoms with Crippen LogP contribution < -0.4 is 10.6 Å². The van der Waals surface area contributed by atoms with Crippen LogP contribution in [0.1, 0.15) is 23.0 Å². The van der Waals surface area contributed by atoms with E-state index in [1.165, 1.54) is 11.1 Å². The summed E-state index contributed by atoms with van der Waals surface area (Å²) < 4.78 is 2.03. The second-order valence-corrected chi connectivity index (χ2v) is 6.61. The van der Waals surface area contributed by atoms with Gasteiger partial charge in [0, 0.05) is 45.6 Å². The molecule has 2 aromatic rings. The highest BCUT2D eigenvalue weighted by atomic mass is 35.5. The van der Waals surface area contributed by atoms with Crippen molar-refractivity contribution in [1.82, 2.24) is 25.1 Å². The SMILES string of the molecule is Cc1ccccc1CCNC(=O)CN1CCNCC1c1nccn1C.Cl. The maximum Gasteiger partial charge on any atom is 0.234 e. The molecule has 26 heavy (non-hydrogen) atoms. The lowest BCUT2D eigenvalue weighted by molar-refractivity contribution is -0.123. The van der Waals surface area contributed by atoms with Crippen LogP contribution in [0.5, 0.6) is 0 Å². The summed E-state index contributed by atoms with van der Waals surface area (Å²) in [6, 6.07) is 8.45. The average molecular weight is 378 g/mol. The van der Waals surface area contributed by atoms with Gasteiger partial charge in [0.2, 0.25) is 5.91 Å². The van der Waals surface area contributed by atoms with Gasteiger partial charge in [-0.3, -0.25) is 9.69 Å². The minimum absolute atomic E-state index is 0. The van der Waals surface area contributed by atoms with Gasteiger partial charge in [0.15, 0.2) is 0 Å². The molecule has 1 aromatic carbocycles. The van der Waals surface area contributed by atoms with Crippen molar-refractivity contribution in [3.05, 3.63) is 53.6 Å². The summed E-state index contributed by atoms with van der Waals surface area (Å²) in [4.78, 5) is 19.1. The van der Waals surface area contributed by atoms with Gasteiger partial charge in [0.1, 0.15) is 5.82 Å². The number of benzene rings is 1. The van der Waals surface area contributed by atoms with E-state index >= 15 is 0 Å². The van der Waals surface area contributed by atoms with E-state index in [1.807, 2.05) is 36.1 Å². The molecular weight excluding hydrogens is 350 g/mol. The zero-order valence-electron chi connectivity index (χ0n) is 15.4. The zero-order chi connectivity index (χ0) is 17.6. The number of piperazine rings is 1. The van der Waals surface area contributed by atoms with Gasteiger partial charge in [-0.15, -0.1) is 12.4 Å². The van der Waals surface area contributed by atoms with Crippen LogP contribution in [-0.4, -0.2) is 53.1 Å². The Morgan fingerprint density at radius 3 is 2.92 bits per heavy atom. The van der Waals surface area contributed by atoms with Crippen molar-refractivity contribution in [3.8, 4) is 0 Å². The minimum atomic E-state index is 0. The van der Waals surface area contributed by atoms with Gasteiger partial charge in [-0.1, -0.05) is 24.3 Å². The number of aryl methyl sites for hydroxylation is 2. The van der Waals surface area contributed by atoms with Crippen molar-refractivity contribution in [2.24, 2.45) is 7.05 Å². The number of aromatic nitrogens is 2. The van der Waals surface area contributed by atoms with Crippen LogP contribution in [0.4, 0.5) is 0 Å². The number of hydrogen-bond acceptors (Lipinski definition) is 4. The molecule has 7 heteroatoms. The van der Waals surface area contributed by atoms with Crippen molar-refractivity contribution in [2.75, 3.05) is 32.7 Å². The van der Waals surface area contributed by atoms with Gasteiger partial charge in [0.05, 0.1) is 12.6 Å². The van der Waals surface area contributed by atoms with Crippen LogP contribution in [0.25, 0.3) is 0 Å². The minimum Gasteiger partial charge on any atom is -0.355 e. The lowest BCUT2D eigenvalue weighted by atomic mass is 10.1. The molecule has 1 saturated heterocycles. The van der Waals surface area contributed by atoms with Crippen molar-refractivity contribution in [2.45, 2.75) is 19.4 Å². The standard InChI is InChI=1S/C19H27N5O.ClH/c1-15-5-3-4-6-16(15)7-8-21-18(25)14-24-12-9-20-13-17(24)19-22-10-11-23(19)2;/h3-6,10-11,17,20H,7-9,12-14H2,1-2H3,(H,21,25);1H. The Hall–Kier alpha value is -1.89. The van der Waals surface area contributed by atoms with Crippen molar-refractivity contribution in [3.63, 3.8) is 0 Å². The second-order valence-electron chi connectivity index (χ2n) is 6.61. The average Bonchev–Trinajstić information content (AvgIpc) is 3.03. The Kier molecular flexibility index (Phi) is 7.63. The molecule has 6 nitrogen and oxygen atoms in total. The largest absolute Gasteiger partial charge is 0.355 e. The first-order valence-electron chi connectivity index (χ1n) is 8.88. The van der Waals surface area contributed by atoms with Crippen LogP contribution in [0.15, 0.2) is 36.7 Å². The lowest BCUT2D eigenvalue weighted by Gasteiger charge is -2.35. The Labute approximate surface area is 161 Å². The van der Waals surface area contributed by atoms with Crippen molar-refractivity contribution >= 4 is 18.3 Å². The summed E-state index contributed by atoms with van der Waals surface area (Å²) in [6.45, 7) is 5.76. The molecule has 1 fully saturated rings. The van der Waals surface area contributed by atoms with E-state index in [9.17, 15) is 4.79 Å². The Bertz CT molecular complexity index is 717. The van der Waals surface area contributed by atoms with E-state index in [-0.39, 0.29) is 24.4 Å². The first kappa shape index (κ1) is 20.4. The molecule has 1 aromatic heterocycles. The highest BCUT2D eigenvalue weighted by molar-refractivity contribution is 5.85. The molecule has 2 N–H and O–H groups in total. The third kappa shape index (κ3) is 5.06. The number of imidazole rings is 1. The molecule has 0 radical (unpaired) electrons. The molecule has 1 amide bonds. The third-order valence-corrected chi connectivity index (χ3v) is 4.84. The number of hydrogen-bond donors (Lipinski definition) is 2. The van der Waals surface area contributed by atoms with E-state index < -0.39 is 0 Å². The van der Waals surface area contributed by atoms with Crippen molar-refractivity contribution < 1.29 is 4.79 Å². The highest BCUT2D eigenvalue weighted by Gasteiger charge is 2.27. The van der Waals surface area contributed by atoms with Gasteiger partial charge in [-0.25, -0.2) is 4.98 Å². The zero-order valence-corrected chi connectivity index (χ0v) is 16.3. The molecule has 1 aliphatic heterocycles. The monoisotopic (exact) mass is 377 g/mol. The molecule has 1 aliphatic rings. The number of halogens is 1. The number of amides is 1. The summed E-state index contributed by atoms with van der Waals surface area (Å²) in [5.74, 6) is 1.08. The predicted octanol–water partition coefficient (Wildman–Crippen LogP) is 1.46. The maximum absolute atomic E-state index is 12.4. The van der Waals surface area contributed by atoms with E-state index in [0.717, 1.165) is 31.9 Å². The van der Waals surface area contributed by atoms with Gasteiger partial charge in [0.25, 0.3) is 0 Å². The van der Waals surface area contributed by atoms with Crippen LogP contribution in [0.2, 0.25) is 0 Å². The van der Waals surface area contributed by atoms with E-state index in [4.69, 9.17) is 0 Å². The first-order valence-corrected chi connectivity index (χ1v) is 8.88. The number of carbonyl (C=O) groups excluding carboxylic acids is 1. The normalized spacial score (nSPS) is 17.5. The number of nitrogens with zero attached hydrogens (tertiary/aromatic N) is 3. The van der Waals surface area contributed by atoms with Gasteiger partial charge < -0.3 is 15.2 Å². The Morgan fingerprint density at radius 1 is 1.38 bits per heavy atom. The third-order valence-electron chi connectivity index (χ3n) is 4.84. The summed E-state index contributed by atoms with van der Waals surface area (Å²) >= 11 is 0. The molecule has 0 spiro atoms. The number of rotatable bonds is 6. The van der Waals surface area contributed by atoms with Crippen LogP contribution in [0, 0.1) is 6.92 Å². The van der Waals surface area contributed by atoms with Gasteiger partial charge >= 0.3 is 0 Å².